The fraction of sp³-hybridized carbons (Fsp3) is 0.350. The Kier molecular flexibility index (Phi) is 6.72. The second kappa shape index (κ2) is 9.23. The number of methoxy groups -OCH3 is 1. The van der Waals surface area contributed by atoms with Crippen LogP contribution in [0.1, 0.15) is 28.6 Å². The van der Waals surface area contributed by atoms with Gasteiger partial charge in [-0.2, -0.15) is 0 Å². The van der Waals surface area contributed by atoms with Gasteiger partial charge in [0.25, 0.3) is 0 Å². The van der Waals surface area contributed by atoms with Crippen LogP contribution in [0.15, 0.2) is 48.5 Å². The van der Waals surface area contributed by atoms with Crippen molar-refractivity contribution in [3.05, 3.63) is 76.9 Å². The summed E-state index contributed by atoms with van der Waals surface area (Å²) in [4.78, 5) is 2.35. The van der Waals surface area contributed by atoms with Crippen molar-refractivity contribution in [3.8, 4) is 0 Å². The van der Waals surface area contributed by atoms with Gasteiger partial charge in [0.1, 0.15) is 5.82 Å². The first-order valence-corrected chi connectivity index (χ1v) is 9.07. The van der Waals surface area contributed by atoms with Gasteiger partial charge >= 0.3 is 0 Å². The summed E-state index contributed by atoms with van der Waals surface area (Å²) in [7, 11) is 1.66. The van der Waals surface area contributed by atoms with Gasteiger partial charge in [0.2, 0.25) is 0 Å². The van der Waals surface area contributed by atoms with Crippen molar-refractivity contribution >= 4 is 12.4 Å². The number of tetrazole rings is 1. The summed E-state index contributed by atoms with van der Waals surface area (Å²) in [6.07, 6.45) is 0.966. The van der Waals surface area contributed by atoms with E-state index in [9.17, 15) is 4.39 Å². The van der Waals surface area contributed by atoms with Gasteiger partial charge in [-0.05, 0) is 45.7 Å². The molecular formula is C20H23ClFN5O. The van der Waals surface area contributed by atoms with Crippen molar-refractivity contribution in [2.45, 2.75) is 25.6 Å². The number of nitrogens with zero attached hydrogens (tertiary/aromatic N) is 5. The molecule has 0 spiro atoms. The minimum absolute atomic E-state index is 0. The molecule has 1 aromatic heterocycles. The maximum absolute atomic E-state index is 13.5. The van der Waals surface area contributed by atoms with Crippen LogP contribution in [0.2, 0.25) is 0 Å². The first kappa shape index (κ1) is 20.4. The Labute approximate surface area is 169 Å². The molecule has 28 heavy (non-hydrogen) atoms. The van der Waals surface area contributed by atoms with Crippen LogP contribution >= 0.6 is 12.4 Å². The predicted octanol–water partition coefficient (Wildman–Crippen LogP) is 3.03. The monoisotopic (exact) mass is 403 g/mol. The summed E-state index contributed by atoms with van der Waals surface area (Å²) in [5.74, 6) is 0.499. The molecule has 1 atom stereocenters. The van der Waals surface area contributed by atoms with Crippen molar-refractivity contribution in [3.63, 3.8) is 0 Å². The number of fused-ring (bicyclic) bond motifs is 1. The quantitative estimate of drug-likeness (QED) is 0.633. The maximum Gasteiger partial charge on any atom is 0.173 e. The number of halogens is 2. The molecule has 1 aliphatic heterocycles. The van der Waals surface area contributed by atoms with Crippen LogP contribution in [-0.4, -0.2) is 45.4 Å². The van der Waals surface area contributed by atoms with Gasteiger partial charge in [0, 0.05) is 20.2 Å². The number of hydrogen-bond donors (Lipinski definition) is 0. The second-order valence-corrected chi connectivity index (χ2v) is 6.70. The largest absolute Gasteiger partial charge is 0.383 e. The molecule has 3 aromatic rings. The molecule has 0 N–H and O–H groups in total. The average molecular weight is 404 g/mol. The molecule has 2 aromatic carbocycles. The van der Waals surface area contributed by atoms with Crippen LogP contribution in [0.25, 0.3) is 0 Å². The molecule has 148 valence electrons. The summed E-state index contributed by atoms with van der Waals surface area (Å²) in [5, 5.41) is 12.3. The van der Waals surface area contributed by atoms with E-state index in [1.807, 2.05) is 12.1 Å². The van der Waals surface area contributed by atoms with Crippen LogP contribution in [-0.2, 0) is 24.2 Å². The third kappa shape index (κ3) is 4.22. The molecule has 8 heteroatoms. The summed E-state index contributed by atoms with van der Waals surface area (Å²) >= 11 is 0. The first-order valence-electron chi connectivity index (χ1n) is 9.07. The zero-order valence-electron chi connectivity index (χ0n) is 15.7. The third-order valence-electron chi connectivity index (χ3n) is 5.02. The van der Waals surface area contributed by atoms with E-state index in [0.717, 1.165) is 30.9 Å². The zero-order chi connectivity index (χ0) is 18.6. The van der Waals surface area contributed by atoms with E-state index < -0.39 is 0 Å². The lowest BCUT2D eigenvalue weighted by Gasteiger charge is -2.35. The Morgan fingerprint density at radius 1 is 1.11 bits per heavy atom. The van der Waals surface area contributed by atoms with Gasteiger partial charge in [0.15, 0.2) is 5.82 Å². The van der Waals surface area contributed by atoms with Gasteiger partial charge in [0.05, 0.1) is 19.2 Å². The van der Waals surface area contributed by atoms with Crippen LogP contribution < -0.4 is 0 Å². The molecule has 4 rings (SSSR count). The molecule has 0 fully saturated rings. The van der Waals surface area contributed by atoms with Crippen LogP contribution in [0.5, 0.6) is 0 Å². The average Bonchev–Trinajstić information content (AvgIpc) is 3.16. The van der Waals surface area contributed by atoms with Crippen LogP contribution in [0.3, 0.4) is 0 Å². The molecule has 1 unspecified atom stereocenters. The Morgan fingerprint density at radius 2 is 1.86 bits per heavy atom. The Hall–Kier alpha value is -2.35. The highest BCUT2D eigenvalue weighted by Crippen LogP contribution is 2.32. The molecule has 0 bridgehead atoms. The summed E-state index contributed by atoms with van der Waals surface area (Å²) < 4.78 is 20.5. The second-order valence-electron chi connectivity index (χ2n) is 6.70. The molecule has 0 aliphatic carbocycles. The fourth-order valence-corrected chi connectivity index (χ4v) is 3.65. The molecule has 0 amide bonds. The van der Waals surface area contributed by atoms with Crippen LogP contribution in [0.4, 0.5) is 4.39 Å². The predicted molar refractivity (Wildman–Crippen MR) is 106 cm³/mol. The van der Waals surface area contributed by atoms with Gasteiger partial charge in [-0.3, -0.25) is 4.90 Å². The normalized spacial score (nSPS) is 14.9. The summed E-state index contributed by atoms with van der Waals surface area (Å²) in [5.41, 5.74) is 3.67. The number of rotatable bonds is 6. The first-order chi connectivity index (χ1) is 13.3. The highest BCUT2D eigenvalue weighted by molar-refractivity contribution is 5.85. The molecule has 1 aliphatic rings. The highest BCUT2D eigenvalue weighted by Gasteiger charge is 2.30. The van der Waals surface area contributed by atoms with E-state index in [1.54, 1.807) is 11.8 Å². The van der Waals surface area contributed by atoms with Crippen molar-refractivity contribution < 1.29 is 9.13 Å². The summed E-state index contributed by atoms with van der Waals surface area (Å²) in [6, 6.07) is 15.0. The lowest BCUT2D eigenvalue weighted by molar-refractivity contribution is 0.170. The topological polar surface area (TPSA) is 56.1 Å². The van der Waals surface area contributed by atoms with E-state index in [-0.39, 0.29) is 24.3 Å². The lowest BCUT2D eigenvalue weighted by Crippen LogP contribution is -2.36. The molecule has 2 heterocycles. The van der Waals surface area contributed by atoms with E-state index in [0.29, 0.717) is 13.2 Å². The lowest BCUT2D eigenvalue weighted by atomic mass is 9.96. The Bertz CT molecular complexity index is 902. The molecule has 6 nitrogen and oxygen atoms in total. The van der Waals surface area contributed by atoms with Gasteiger partial charge in [-0.25, -0.2) is 9.07 Å². The number of benzene rings is 2. The smallest absolute Gasteiger partial charge is 0.173 e. The van der Waals surface area contributed by atoms with Crippen molar-refractivity contribution in [1.82, 2.24) is 25.1 Å². The van der Waals surface area contributed by atoms with E-state index in [2.05, 4.69) is 44.7 Å². The van der Waals surface area contributed by atoms with Crippen molar-refractivity contribution in [2.75, 3.05) is 20.3 Å². The van der Waals surface area contributed by atoms with E-state index in [1.165, 1.54) is 23.3 Å². The fourth-order valence-electron chi connectivity index (χ4n) is 3.65. The van der Waals surface area contributed by atoms with Gasteiger partial charge in [-0.15, -0.1) is 17.5 Å². The Morgan fingerprint density at radius 3 is 2.61 bits per heavy atom. The molecule has 0 saturated heterocycles. The summed E-state index contributed by atoms with van der Waals surface area (Å²) in [6.45, 7) is 2.78. The van der Waals surface area contributed by atoms with Crippen molar-refractivity contribution in [2.24, 2.45) is 0 Å². The van der Waals surface area contributed by atoms with Gasteiger partial charge < -0.3 is 4.74 Å². The molecule has 0 radical (unpaired) electrons. The molecule has 0 saturated carbocycles. The van der Waals surface area contributed by atoms with Crippen molar-refractivity contribution in [1.29, 1.82) is 0 Å². The highest BCUT2D eigenvalue weighted by atomic mass is 35.5. The third-order valence-corrected chi connectivity index (χ3v) is 5.02. The minimum atomic E-state index is -0.250. The number of hydrogen-bond acceptors (Lipinski definition) is 5. The van der Waals surface area contributed by atoms with Gasteiger partial charge in [-0.1, -0.05) is 36.4 Å². The van der Waals surface area contributed by atoms with Crippen LogP contribution in [0, 0.1) is 5.82 Å². The minimum Gasteiger partial charge on any atom is -0.383 e. The molecular weight excluding hydrogens is 381 g/mol. The Balaban J connectivity index is 0.00000225. The van der Waals surface area contributed by atoms with E-state index >= 15 is 0 Å². The van der Waals surface area contributed by atoms with E-state index in [4.69, 9.17) is 4.74 Å². The SMILES string of the molecule is COCCn1nnnc1C(c1ccc(F)cc1)N1CCc2ccccc2C1.Cl. The zero-order valence-corrected chi connectivity index (χ0v) is 16.5. The standard InChI is InChI=1S/C20H22FN5O.ClH/c1-27-13-12-26-20(22-23-24-26)19(16-6-8-18(21)9-7-16)25-11-10-15-4-2-3-5-17(15)14-25;/h2-9,19H,10-14H2,1H3;1H. The number of ether oxygens (including phenoxy) is 1. The number of aromatic nitrogens is 4. The maximum atomic E-state index is 13.5.